The summed E-state index contributed by atoms with van der Waals surface area (Å²) in [6.45, 7) is 4.49. The topological polar surface area (TPSA) is 69.7 Å². The van der Waals surface area contributed by atoms with Gasteiger partial charge in [0.25, 0.3) is 0 Å². The van der Waals surface area contributed by atoms with Crippen LogP contribution in [0.4, 0.5) is 11.4 Å². The van der Waals surface area contributed by atoms with E-state index in [1.807, 2.05) is 32.0 Å². The first-order chi connectivity index (χ1) is 14.9. The number of nitrogens with one attached hydrogen (secondary N) is 1. The van der Waals surface area contributed by atoms with Gasteiger partial charge in [0.1, 0.15) is 5.54 Å². The average molecular weight is 436 g/mol. The van der Waals surface area contributed by atoms with Crippen molar-refractivity contribution < 1.29 is 14.4 Å². The van der Waals surface area contributed by atoms with E-state index in [2.05, 4.69) is 10.2 Å². The van der Waals surface area contributed by atoms with Crippen molar-refractivity contribution in [2.75, 3.05) is 16.8 Å². The SMILES string of the molecule is Cc1ccc2c(c1)[C@]1(C(=O)N2)[C@@H]2C(=O)N(c3cccc(Cl)c3C)C(=O)[C@@H]2[C@H]2CCCN21. The molecule has 4 atom stereocenters. The molecule has 4 aliphatic rings. The predicted molar refractivity (Wildman–Crippen MR) is 117 cm³/mol. The zero-order valence-corrected chi connectivity index (χ0v) is 18.1. The van der Waals surface area contributed by atoms with Crippen LogP contribution in [0.15, 0.2) is 36.4 Å². The van der Waals surface area contributed by atoms with Crippen LogP contribution in [-0.4, -0.2) is 35.2 Å². The largest absolute Gasteiger partial charge is 0.324 e. The molecule has 4 aliphatic heterocycles. The summed E-state index contributed by atoms with van der Waals surface area (Å²) in [5.41, 5.74) is 2.64. The third kappa shape index (κ3) is 2.14. The lowest BCUT2D eigenvalue weighted by Crippen LogP contribution is -2.54. The number of aryl methyl sites for hydroxylation is 1. The number of nitrogens with zero attached hydrogens (tertiary/aromatic N) is 2. The predicted octanol–water partition coefficient (Wildman–Crippen LogP) is 3.39. The molecule has 6 nitrogen and oxygen atoms in total. The second kappa shape index (κ2) is 6.17. The summed E-state index contributed by atoms with van der Waals surface area (Å²) in [7, 11) is 0. The number of halogens is 1. The first kappa shape index (κ1) is 19.0. The standard InChI is InChI=1S/C24H22ClN3O3/c1-12-8-9-16-14(11-12)24(23(31)26-16)20-19(18-7-4-10-27(18)24)21(29)28(22(20)30)17-6-3-5-15(25)13(17)2/h3,5-6,8-9,11,18-20H,4,7,10H2,1-2H3,(H,26,31)/t18-,19-,20+,24-/m1/s1. The molecule has 1 spiro atoms. The van der Waals surface area contributed by atoms with Gasteiger partial charge in [-0.2, -0.15) is 0 Å². The molecule has 0 radical (unpaired) electrons. The summed E-state index contributed by atoms with van der Waals surface area (Å²) in [6.07, 6.45) is 1.71. The molecule has 0 aliphatic carbocycles. The molecule has 1 N–H and O–H groups in total. The monoisotopic (exact) mass is 435 g/mol. The molecule has 0 aromatic heterocycles. The third-order valence-corrected chi connectivity index (χ3v) is 8.04. The van der Waals surface area contributed by atoms with Crippen LogP contribution in [0.3, 0.4) is 0 Å². The third-order valence-electron chi connectivity index (χ3n) is 7.63. The highest BCUT2D eigenvalue weighted by Gasteiger charge is 2.74. The minimum absolute atomic E-state index is 0.122. The number of rotatable bonds is 1. The first-order valence-electron chi connectivity index (χ1n) is 10.7. The fourth-order valence-electron chi connectivity index (χ4n) is 6.39. The summed E-state index contributed by atoms with van der Waals surface area (Å²) in [5.74, 6) is -2.00. The number of hydrogen-bond donors (Lipinski definition) is 1. The molecule has 0 bridgehead atoms. The van der Waals surface area contributed by atoms with Crippen LogP contribution >= 0.6 is 11.6 Å². The van der Waals surface area contributed by atoms with Gasteiger partial charge in [0.15, 0.2) is 0 Å². The molecule has 0 saturated carbocycles. The Labute approximate surface area is 185 Å². The van der Waals surface area contributed by atoms with Gasteiger partial charge in [-0.05, 0) is 57.0 Å². The van der Waals surface area contributed by atoms with Gasteiger partial charge in [-0.25, -0.2) is 4.90 Å². The van der Waals surface area contributed by atoms with Gasteiger partial charge in [-0.15, -0.1) is 0 Å². The molecule has 0 unspecified atom stereocenters. The van der Waals surface area contributed by atoms with Gasteiger partial charge in [0.05, 0.1) is 17.5 Å². The Morgan fingerprint density at radius 2 is 1.90 bits per heavy atom. The maximum absolute atomic E-state index is 13.9. The van der Waals surface area contributed by atoms with Crippen LogP contribution in [0.1, 0.15) is 29.5 Å². The summed E-state index contributed by atoms with van der Waals surface area (Å²) in [6, 6.07) is 11.0. The Hall–Kier alpha value is -2.70. The molecule has 2 aromatic carbocycles. The van der Waals surface area contributed by atoms with Crippen LogP contribution in [0.2, 0.25) is 5.02 Å². The fraction of sp³-hybridized carbons (Fsp3) is 0.375. The highest BCUT2D eigenvalue weighted by atomic mass is 35.5. The van der Waals surface area contributed by atoms with Gasteiger partial charge in [-0.3, -0.25) is 19.3 Å². The molecule has 31 heavy (non-hydrogen) atoms. The zero-order chi connectivity index (χ0) is 21.7. The van der Waals surface area contributed by atoms with Crippen LogP contribution in [0.5, 0.6) is 0 Å². The summed E-state index contributed by atoms with van der Waals surface area (Å²) in [4.78, 5) is 44.7. The molecule has 6 rings (SSSR count). The maximum atomic E-state index is 13.9. The number of amides is 3. The van der Waals surface area contributed by atoms with Crippen LogP contribution in [0.25, 0.3) is 0 Å². The van der Waals surface area contributed by atoms with Gasteiger partial charge in [0, 0.05) is 22.3 Å². The first-order valence-corrected chi connectivity index (χ1v) is 11.1. The van der Waals surface area contributed by atoms with Crippen molar-refractivity contribution >= 4 is 40.7 Å². The molecular formula is C24H22ClN3O3. The number of hydrogen-bond acceptors (Lipinski definition) is 4. The van der Waals surface area contributed by atoms with Crippen LogP contribution < -0.4 is 10.2 Å². The number of imide groups is 1. The molecule has 2 aromatic rings. The molecule has 4 heterocycles. The Bertz CT molecular complexity index is 1190. The van der Waals surface area contributed by atoms with Crippen molar-refractivity contribution in [2.45, 2.75) is 38.3 Å². The Kier molecular flexibility index (Phi) is 3.79. The molecule has 3 fully saturated rings. The van der Waals surface area contributed by atoms with Crippen LogP contribution in [0, 0.1) is 25.7 Å². The van der Waals surface area contributed by atoms with E-state index in [4.69, 9.17) is 11.6 Å². The normalized spacial score (nSPS) is 31.4. The number of carbonyl (C=O) groups excluding carboxylic acids is 3. The van der Waals surface area contributed by atoms with Gasteiger partial charge in [0.2, 0.25) is 17.7 Å². The second-order valence-electron chi connectivity index (χ2n) is 9.07. The van der Waals surface area contributed by atoms with E-state index in [0.717, 1.165) is 29.7 Å². The van der Waals surface area contributed by atoms with Gasteiger partial charge >= 0.3 is 0 Å². The lowest BCUT2D eigenvalue weighted by atomic mass is 9.75. The van der Waals surface area contributed by atoms with Crippen molar-refractivity contribution in [2.24, 2.45) is 11.8 Å². The minimum atomic E-state index is -1.14. The number of fused-ring (bicyclic) bond motifs is 7. The molecule has 158 valence electrons. The van der Waals surface area contributed by atoms with E-state index in [1.54, 1.807) is 18.2 Å². The summed E-state index contributed by atoms with van der Waals surface area (Å²) >= 11 is 6.30. The van der Waals surface area contributed by atoms with E-state index in [-0.39, 0.29) is 23.8 Å². The zero-order valence-electron chi connectivity index (χ0n) is 17.3. The second-order valence-corrected chi connectivity index (χ2v) is 9.48. The maximum Gasteiger partial charge on any atom is 0.250 e. The molecule has 7 heteroatoms. The number of benzene rings is 2. The minimum Gasteiger partial charge on any atom is -0.324 e. The van der Waals surface area contributed by atoms with Crippen molar-refractivity contribution in [3.05, 3.63) is 58.1 Å². The molecule has 3 saturated heterocycles. The van der Waals surface area contributed by atoms with Crippen molar-refractivity contribution in [1.29, 1.82) is 0 Å². The Morgan fingerprint density at radius 3 is 2.71 bits per heavy atom. The lowest BCUT2D eigenvalue weighted by molar-refractivity contribution is -0.135. The van der Waals surface area contributed by atoms with Gasteiger partial charge in [-0.1, -0.05) is 35.4 Å². The van der Waals surface area contributed by atoms with E-state index < -0.39 is 17.4 Å². The fourth-order valence-corrected chi connectivity index (χ4v) is 6.56. The van der Waals surface area contributed by atoms with Crippen molar-refractivity contribution in [3.63, 3.8) is 0 Å². The molecule has 3 amide bonds. The van der Waals surface area contributed by atoms with Crippen molar-refractivity contribution in [3.8, 4) is 0 Å². The molecular weight excluding hydrogens is 414 g/mol. The van der Waals surface area contributed by atoms with Crippen LogP contribution in [-0.2, 0) is 19.9 Å². The highest BCUT2D eigenvalue weighted by Crippen LogP contribution is 2.60. The average Bonchev–Trinajstić information content (AvgIpc) is 3.43. The summed E-state index contributed by atoms with van der Waals surface area (Å²) in [5, 5.41) is 3.52. The quantitative estimate of drug-likeness (QED) is 0.697. The number of carbonyl (C=O) groups is 3. The Morgan fingerprint density at radius 1 is 1.10 bits per heavy atom. The lowest BCUT2D eigenvalue weighted by Gasteiger charge is -2.37. The van der Waals surface area contributed by atoms with E-state index >= 15 is 0 Å². The van der Waals surface area contributed by atoms with E-state index in [9.17, 15) is 14.4 Å². The smallest absolute Gasteiger partial charge is 0.250 e. The van der Waals surface area contributed by atoms with Gasteiger partial charge < -0.3 is 5.32 Å². The summed E-state index contributed by atoms with van der Waals surface area (Å²) < 4.78 is 0. The van der Waals surface area contributed by atoms with E-state index in [0.29, 0.717) is 22.8 Å². The number of anilines is 2. The highest BCUT2D eigenvalue weighted by molar-refractivity contribution is 6.32. The Balaban J connectivity index is 1.58. The van der Waals surface area contributed by atoms with E-state index in [1.165, 1.54) is 4.90 Å². The van der Waals surface area contributed by atoms with Crippen molar-refractivity contribution in [1.82, 2.24) is 4.90 Å².